The summed E-state index contributed by atoms with van der Waals surface area (Å²) < 4.78 is 9.91. The second kappa shape index (κ2) is 7.69. The molecular formula is C9H17N5O3. The van der Waals surface area contributed by atoms with Gasteiger partial charge in [0.25, 0.3) is 0 Å². The molecule has 0 aliphatic carbocycles. The number of aromatic amines is 1. The van der Waals surface area contributed by atoms with Crippen LogP contribution in [-0.4, -0.2) is 72.0 Å². The summed E-state index contributed by atoms with van der Waals surface area (Å²) in [6, 6.07) is 0. The minimum Gasteiger partial charge on any atom is -0.383 e. The summed E-state index contributed by atoms with van der Waals surface area (Å²) in [6.45, 7) is 2.02. The minimum atomic E-state index is -0.0690. The van der Waals surface area contributed by atoms with Gasteiger partial charge in [-0.3, -0.25) is 4.79 Å². The number of ether oxygens (including phenoxy) is 2. The standard InChI is InChI=1S/C9H17N5O3/c1-16-5-3-14(4-6-17-2)9(15)7-8-10-12-13-11-8/h3-7H2,1-2H3,(H,10,11,12,13). The van der Waals surface area contributed by atoms with Crippen molar-refractivity contribution >= 4 is 5.91 Å². The quantitative estimate of drug-likeness (QED) is 0.620. The molecule has 0 atom stereocenters. The Balaban J connectivity index is 2.46. The molecule has 1 aromatic rings. The van der Waals surface area contributed by atoms with Gasteiger partial charge in [0, 0.05) is 27.3 Å². The van der Waals surface area contributed by atoms with Crippen LogP contribution in [0.25, 0.3) is 0 Å². The van der Waals surface area contributed by atoms with E-state index in [2.05, 4.69) is 20.6 Å². The average molecular weight is 243 g/mol. The molecule has 0 aromatic carbocycles. The molecule has 1 rings (SSSR count). The summed E-state index contributed by atoms with van der Waals surface area (Å²) in [6.07, 6.45) is 0.129. The minimum absolute atomic E-state index is 0.0690. The first-order chi connectivity index (χ1) is 8.27. The Bertz CT molecular complexity index is 308. The third kappa shape index (κ3) is 4.87. The number of carbonyl (C=O) groups excluding carboxylic acids is 1. The first-order valence-electron chi connectivity index (χ1n) is 5.26. The van der Waals surface area contributed by atoms with Gasteiger partial charge in [0.05, 0.1) is 19.6 Å². The highest BCUT2D eigenvalue weighted by Crippen LogP contribution is 1.96. The highest BCUT2D eigenvalue weighted by molar-refractivity contribution is 5.77. The van der Waals surface area contributed by atoms with Crippen LogP contribution in [0.3, 0.4) is 0 Å². The SMILES string of the molecule is COCCN(CCOC)C(=O)Cc1nn[nH]n1. The summed E-state index contributed by atoms with van der Waals surface area (Å²) in [4.78, 5) is 13.6. The number of tetrazole rings is 1. The summed E-state index contributed by atoms with van der Waals surface area (Å²) in [5.74, 6) is 0.315. The fourth-order valence-electron chi connectivity index (χ4n) is 1.27. The third-order valence-electron chi connectivity index (χ3n) is 2.18. The van der Waals surface area contributed by atoms with Crippen molar-refractivity contribution in [1.82, 2.24) is 25.5 Å². The molecule has 0 bridgehead atoms. The van der Waals surface area contributed by atoms with E-state index in [0.717, 1.165) is 0 Å². The van der Waals surface area contributed by atoms with E-state index in [0.29, 0.717) is 32.1 Å². The van der Waals surface area contributed by atoms with Crippen LogP contribution in [0.15, 0.2) is 0 Å². The van der Waals surface area contributed by atoms with Crippen LogP contribution in [-0.2, 0) is 20.7 Å². The zero-order valence-electron chi connectivity index (χ0n) is 10.0. The van der Waals surface area contributed by atoms with Gasteiger partial charge in [0.15, 0.2) is 5.82 Å². The van der Waals surface area contributed by atoms with Crippen LogP contribution in [0.4, 0.5) is 0 Å². The molecule has 1 aromatic heterocycles. The van der Waals surface area contributed by atoms with Crippen molar-refractivity contribution in [2.24, 2.45) is 0 Å². The number of methoxy groups -OCH3 is 2. The summed E-state index contributed by atoms with van der Waals surface area (Å²) in [5, 5.41) is 13.2. The van der Waals surface area contributed by atoms with E-state index >= 15 is 0 Å². The molecule has 0 aliphatic heterocycles. The maximum atomic E-state index is 11.9. The van der Waals surface area contributed by atoms with Crippen molar-refractivity contribution in [1.29, 1.82) is 0 Å². The Morgan fingerprint density at radius 3 is 2.41 bits per heavy atom. The lowest BCUT2D eigenvalue weighted by Gasteiger charge is -2.21. The Kier molecular flexibility index (Phi) is 6.12. The number of hydrogen-bond acceptors (Lipinski definition) is 6. The van der Waals surface area contributed by atoms with Gasteiger partial charge in [-0.05, 0) is 0 Å². The number of nitrogens with zero attached hydrogens (tertiary/aromatic N) is 4. The summed E-state index contributed by atoms with van der Waals surface area (Å²) in [7, 11) is 3.19. The van der Waals surface area contributed by atoms with E-state index in [4.69, 9.17) is 9.47 Å². The zero-order valence-corrected chi connectivity index (χ0v) is 10.0. The van der Waals surface area contributed by atoms with Crippen molar-refractivity contribution in [3.05, 3.63) is 5.82 Å². The molecule has 0 saturated carbocycles. The lowest BCUT2D eigenvalue weighted by Crippen LogP contribution is -2.37. The van der Waals surface area contributed by atoms with E-state index in [1.54, 1.807) is 19.1 Å². The largest absolute Gasteiger partial charge is 0.383 e. The summed E-state index contributed by atoms with van der Waals surface area (Å²) >= 11 is 0. The summed E-state index contributed by atoms with van der Waals surface area (Å²) in [5.41, 5.74) is 0. The number of nitrogens with one attached hydrogen (secondary N) is 1. The first-order valence-corrected chi connectivity index (χ1v) is 5.26. The van der Waals surface area contributed by atoms with E-state index in [1.807, 2.05) is 0 Å². The molecule has 0 unspecified atom stereocenters. The third-order valence-corrected chi connectivity index (χ3v) is 2.18. The topological polar surface area (TPSA) is 93.2 Å². The molecule has 8 heteroatoms. The van der Waals surface area contributed by atoms with Gasteiger partial charge < -0.3 is 14.4 Å². The fourth-order valence-corrected chi connectivity index (χ4v) is 1.27. The smallest absolute Gasteiger partial charge is 0.230 e. The Morgan fingerprint density at radius 1 is 1.29 bits per heavy atom. The maximum absolute atomic E-state index is 11.9. The molecule has 1 amide bonds. The van der Waals surface area contributed by atoms with Crippen molar-refractivity contribution < 1.29 is 14.3 Å². The van der Waals surface area contributed by atoms with E-state index in [1.165, 1.54) is 0 Å². The molecule has 0 fully saturated rings. The van der Waals surface area contributed by atoms with Crippen LogP contribution in [0.1, 0.15) is 5.82 Å². The highest BCUT2D eigenvalue weighted by Gasteiger charge is 2.15. The number of aromatic nitrogens is 4. The molecule has 8 nitrogen and oxygen atoms in total. The van der Waals surface area contributed by atoms with Gasteiger partial charge in [-0.1, -0.05) is 5.21 Å². The van der Waals surface area contributed by atoms with Crippen molar-refractivity contribution in [2.75, 3.05) is 40.5 Å². The second-order valence-electron chi connectivity index (χ2n) is 3.37. The predicted molar refractivity (Wildman–Crippen MR) is 58.2 cm³/mol. The van der Waals surface area contributed by atoms with Crippen LogP contribution >= 0.6 is 0 Å². The molecule has 96 valence electrons. The molecule has 0 saturated heterocycles. The molecule has 0 radical (unpaired) electrons. The van der Waals surface area contributed by atoms with Gasteiger partial charge in [0.2, 0.25) is 5.91 Å². The van der Waals surface area contributed by atoms with Crippen LogP contribution in [0.5, 0.6) is 0 Å². The van der Waals surface area contributed by atoms with Crippen molar-refractivity contribution in [3.63, 3.8) is 0 Å². The predicted octanol–water partition coefficient (Wildman–Crippen LogP) is -1.14. The second-order valence-corrected chi connectivity index (χ2v) is 3.37. The molecular weight excluding hydrogens is 226 g/mol. The fraction of sp³-hybridized carbons (Fsp3) is 0.778. The average Bonchev–Trinajstić information content (AvgIpc) is 2.82. The van der Waals surface area contributed by atoms with Gasteiger partial charge >= 0.3 is 0 Å². The van der Waals surface area contributed by atoms with Gasteiger partial charge in [-0.15, -0.1) is 10.2 Å². The number of H-pyrrole nitrogens is 1. The number of amides is 1. The van der Waals surface area contributed by atoms with Crippen LogP contribution in [0, 0.1) is 0 Å². The number of rotatable bonds is 8. The maximum Gasteiger partial charge on any atom is 0.230 e. The van der Waals surface area contributed by atoms with Gasteiger partial charge in [-0.2, -0.15) is 5.21 Å². The van der Waals surface area contributed by atoms with E-state index in [9.17, 15) is 4.79 Å². The zero-order chi connectivity index (χ0) is 12.5. The Hall–Kier alpha value is -1.54. The number of carbonyl (C=O) groups is 1. The number of hydrogen-bond donors (Lipinski definition) is 1. The van der Waals surface area contributed by atoms with E-state index in [-0.39, 0.29) is 12.3 Å². The van der Waals surface area contributed by atoms with Crippen LogP contribution in [0.2, 0.25) is 0 Å². The van der Waals surface area contributed by atoms with Crippen molar-refractivity contribution in [3.8, 4) is 0 Å². The van der Waals surface area contributed by atoms with Crippen LogP contribution < -0.4 is 0 Å². The molecule has 1 N–H and O–H groups in total. The van der Waals surface area contributed by atoms with Gasteiger partial charge in [-0.25, -0.2) is 0 Å². The Labute approximate surface area is 99.3 Å². The van der Waals surface area contributed by atoms with Gasteiger partial charge in [0.1, 0.15) is 0 Å². The molecule has 0 spiro atoms. The molecule has 0 aliphatic rings. The van der Waals surface area contributed by atoms with Crippen molar-refractivity contribution in [2.45, 2.75) is 6.42 Å². The molecule has 1 heterocycles. The highest BCUT2D eigenvalue weighted by atomic mass is 16.5. The normalized spacial score (nSPS) is 10.5. The monoisotopic (exact) mass is 243 g/mol. The Morgan fingerprint density at radius 2 is 1.94 bits per heavy atom. The lowest BCUT2D eigenvalue weighted by molar-refractivity contribution is -0.131. The lowest BCUT2D eigenvalue weighted by atomic mass is 10.3. The first kappa shape index (κ1) is 13.5. The van der Waals surface area contributed by atoms with E-state index < -0.39 is 0 Å². The molecule has 17 heavy (non-hydrogen) atoms.